The van der Waals surface area contributed by atoms with Crippen molar-refractivity contribution < 1.29 is 70.2 Å². The first-order valence-electron chi connectivity index (χ1n) is 32.0. The molecular weight excluding hydrogens is 1160 g/mol. The number of rotatable bonds is 43. The Morgan fingerprint density at radius 3 is 1.76 bits per heavy atom. The van der Waals surface area contributed by atoms with E-state index in [-0.39, 0.29) is 50.0 Å². The summed E-state index contributed by atoms with van der Waals surface area (Å²) in [6.45, 7) is 19.9. The SMILES string of the molecule is Cc1nnc(C(C)C)n1C1CC2CCC(C1)N2CC[C@H](NC(=O)C1CN(C(=O)CN2CCN(CCCCc3cn(CCOCCOCCOCCOCCOCCOCCOCCOCCC(=O)Oc4c(F)cc(F)cc4F)nn3)CC2)C1)c1ccccc1. The van der Waals surface area contributed by atoms with Gasteiger partial charge in [0.15, 0.2) is 11.6 Å². The maximum atomic E-state index is 13.7. The molecule has 0 radical (unpaired) electrons. The van der Waals surface area contributed by atoms with Crippen molar-refractivity contribution in [1.82, 2.24) is 54.7 Å². The number of unbranched alkanes of at least 4 members (excludes halogenated alkanes) is 1. The number of carbonyl (C=O) groups excluding carboxylic acids is 3. The number of aromatic nitrogens is 6. The summed E-state index contributed by atoms with van der Waals surface area (Å²) in [6, 6.07) is 12.6. The maximum Gasteiger partial charge on any atom is 0.313 e. The summed E-state index contributed by atoms with van der Waals surface area (Å²) in [6.07, 6.45) is 10.2. The third-order valence-corrected chi connectivity index (χ3v) is 16.7. The number of ether oxygens (including phenoxy) is 9. The molecule has 2 unspecified atom stereocenters. The lowest BCUT2D eigenvalue weighted by atomic mass is 9.94. The van der Waals surface area contributed by atoms with E-state index < -0.39 is 29.2 Å². The molecule has 1 N–H and O–H groups in total. The smallest absolute Gasteiger partial charge is 0.313 e. The van der Waals surface area contributed by atoms with E-state index in [0.29, 0.717) is 148 Å². The van der Waals surface area contributed by atoms with Crippen molar-refractivity contribution in [2.24, 2.45) is 5.92 Å². The number of likely N-dealkylation sites (tertiary alicyclic amines) is 1. The van der Waals surface area contributed by atoms with Crippen LogP contribution in [0.3, 0.4) is 0 Å². The third-order valence-electron chi connectivity index (χ3n) is 16.7. The minimum absolute atomic E-state index is 0.0411. The van der Waals surface area contributed by atoms with E-state index in [9.17, 15) is 27.6 Å². The summed E-state index contributed by atoms with van der Waals surface area (Å²) in [7, 11) is 0. The second kappa shape index (κ2) is 37.7. The zero-order chi connectivity index (χ0) is 62.6. The first-order valence-corrected chi connectivity index (χ1v) is 32.0. The molecular formula is C63H94F3N11O12. The van der Waals surface area contributed by atoms with Crippen LogP contribution < -0.4 is 10.1 Å². The van der Waals surface area contributed by atoms with Gasteiger partial charge in [0.2, 0.25) is 17.6 Å². The second-order valence-corrected chi connectivity index (χ2v) is 23.5. The van der Waals surface area contributed by atoms with Crippen LogP contribution in [0.25, 0.3) is 0 Å². The van der Waals surface area contributed by atoms with E-state index in [1.165, 1.54) is 12.8 Å². The molecule has 4 aromatic rings. The molecule has 4 saturated heterocycles. The lowest BCUT2D eigenvalue weighted by Gasteiger charge is -2.42. The maximum absolute atomic E-state index is 13.7. The molecule has 23 nitrogen and oxygen atoms in total. The summed E-state index contributed by atoms with van der Waals surface area (Å²) >= 11 is 0. The van der Waals surface area contributed by atoms with Gasteiger partial charge in [-0.1, -0.05) is 49.4 Å². The number of carbonyl (C=O) groups is 3. The lowest BCUT2D eigenvalue weighted by Crippen LogP contribution is -2.59. The highest BCUT2D eigenvalue weighted by Crippen LogP contribution is 2.42. The Bertz CT molecular complexity index is 2680. The molecule has 2 aromatic heterocycles. The van der Waals surface area contributed by atoms with Gasteiger partial charge < -0.3 is 62.3 Å². The van der Waals surface area contributed by atoms with Crippen LogP contribution in [0.5, 0.6) is 5.75 Å². The highest BCUT2D eigenvalue weighted by molar-refractivity contribution is 5.85. The zero-order valence-electron chi connectivity index (χ0n) is 52.3. The van der Waals surface area contributed by atoms with Crippen LogP contribution in [0.15, 0.2) is 48.7 Å². The third kappa shape index (κ3) is 23.0. The van der Waals surface area contributed by atoms with Gasteiger partial charge >= 0.3 is 5.97 Å². The Hall–Kier alpha value is -5.52. The fourth-order valence-electron chi connectivity index (χ4n) is 11.9. The van der Waals surface area contributed by atoms with E-state index >= 15 is 0 Å². The van der Waals surface area contributed by atoms with Crippen LogP contribution in [0.4, 0.5) is 13.2 Å². The summed E-state index contributed by atoms with van der Waals surface area (Å²) in [5.74, 6) is -3.18. The van der Waals surface area contributed by atoms with Crippen molar-refractivity contribution in [3.63, 3.8) is 0 Å². The number of benzene rings is 2. The van der Waals surface area contributed by atoms with E-state index in [1.54, 1.807) is 0 Å². The van der Waals surface area contributed by atoms with Gasteiger partial charge in [-0.05, 0) is 70.4 Å². The molecule has 494 valence electrons. The van der Waals surface area contributed by atoms with E-state index in [2.05, 4.69) is 82.7 Å². The van der Waals surface area contributed by atoms with Crippen molar-refractivity contribution >= 4 is 17.8 Å². The average Bonchev–Trinajstić information content (AvgIpc) is 2.13. The topological polar surface area (TPSA) is 221 Å². The van der Waals surface area contributed by atoms with Crippen LogP contribution in [-0.2, 0) is 65.2 Å². The Labute approximate surface area is 521 Å². The van der Waals surface area contributed by atoms with Gasteiger partial charge in [-0.25, -0.2) is 17.9 Å². The van der Waals surface area contributed by atoms with Crippen molar-refractivity contribution in [1.29, 1.82) is 0 Å². The summed E-state index contributed by atoms with van der Waals surface area (Å²) in [5, 5.41) is 21.0. The molecule has 0 aliphatic carbocycles. The van der Waals surface area contributed by atoms with E-state index in [1.807, 2.05) is 34.0 Å². The Balaban J connectivity index is 0.551. The van der Waals surface area contributed by atoms with E-state index in [0.717, 1.165) is 101 Å². The predicted molar refractivity (Wildman–Crippen MR) is 322 cm³/mol. The van der Waals surface area contributed by atoms with Crippen molar-refractivity contribution in [3.8, 4) is 5.75 Å². The summed E-state index contributed by atoms with van der Waals surface area (Å²) in [4.78, 5) is 48.2. The zero-order valence-corrected chi connectivity index (χ0v) is 52.3. The number of halogens is 3. The normalized spacial score (nSPS) is 18.7. The molecule has 8 rings (SSSR count). The highest BCUT2D eigenvalue weighted by Gasteiger charge is 2.43. The number of nitrogens with zero attached hydrogens (tertiary/aromatic N) is 10. The number of piperazine rings is 1. The molecule has 89 heavy (non-hydrogen) atoms. The number of esters is 1. The fraction of sp³-hybridized carbons (Fsp3) is 0.698. The van der Waals surface area contributed by atoms with Gasteiger partial charge in [0.05, 0.1) is 143 Å². The first kappa shape index (κ1) is 69.4. The van der Waals surface area contributed by atoms with Gasteiger partial charge in [0, 0.05) is 88.2 Å². The van der Waals surface area contributed by atoms with Crippen molar-refractivity contribution in [3.05, 3.63) is 89.0 Å². The number of hydrogen-bond acceptors (Lipinski definition) is 19. The number of aryl methyl sites for hydroxylation is 2. The second-order valence-electron chi connectivity index (χ2n) is 23.5. The van der Waals surface area contributed by atoms with Crippen molar-refractivity contribution in [2.45, 2.75) is 115 Å². The summed E-state index contributed by atoms with van der Waals surface area (Å²) in [5.41, 5.74) is 2.10. The van der Waals surface area contributed by atoms with Gasteiger partial charge in [0.1, 0.15) is 17.5 Å². The molecule has 6 heterocycles. The van der Waals surface area contributed by atoms with Gasteiger partial charge in [-0.2, -0.15) is 0 Å². The molecule has 2 aromatic carbocycles. The van der Waals surface area contributed by atoms with Gasteiger partial charge in [-0.3, -0.25) is 24.2 Å². The van der Waals surface area contributed by atoms with Crippen LogP contribution in [-0.4, -0.2) is 244 Å². The molecule has 0 spiro atoms. The molecule has 26 heteroatoms. The van der Waals surface area contributed by atoms with Crippen LogP contribution >= 0.6 is 0 Å². The first-order chi connectivity index (χ1) is 43.4. The van der Waals surface area contributed by atoms with Crippen LogP contribution in [0.1, 0.15) is 106 Å². The van der Waals surface area contributed by atoms with Crippen molar-refractivity contribution in [2.75, 3.05) is 165 Å². The molecule has 4 fully saturated rings. The number of piperidine rings is 1. The van der Waals surface area contributed by atoms with Crippen LogP contribution in [0.2, 0.25) is 0 Å². The number of hydrogen-bond donors (Lipinski definition) is 1. The minimum Gasteiger partial charge on any atom is -0.420 e. The molecule has 4 aliphatic heterocycles. The largest absolute Gasteiger partial charge is 0.420 e. The number of fused-ring (bicyclic) bond motifs is 2. The Morgan fingerprint density at radius 2 is 1.19 bits per heavy atom. The van der Waals surface area contributed by atoms with Gasteiger partial charge in [-0.15, -0.1) is 15.3 Å². The van der Waals surface area contributed by atoms with Crippen LogP contribution in [0, 0.1) is 30.3 Å². The Morgan fingerprint density at radius 1 is 0.640 bits per heavy atom. The molecule has 2 bridgehead atoms. The Kier molecular flexibility index (Phi) is 29.4. The summed E-state index contributed by atoms with van der Waals surface area (Å²) < 4.78 is 93.0. The standard InChI is InChI=1S/C63H94F3N11O12/c1-47(2)62-70-68-48(3)77(62)55-41-53-12-13-54(42-55)76(53)17-14-58(49-9-5-4-6-10-49)67-63(80)50-43-74(44-50)59(78)46-73-20-18-72(19-21-73)16-8-7-11-52-45-75(71-69-52)22-24-82-26-28-84-30-32-86-34-36-88-38-37-87-35-33-85-31-29-83-27-25-81-23-15-60(79)89-61-56(65)39-51(64)40-57(61)66/h4-6,9-10,39-40,45,47,50,53-55,58H,7-8,11-38,41-44,46H2,1-3H3,(H,67,80)/t53?,54?,55?,58-/m0/s1. The number of amides is 2. The quantitative estimate of drug-likeness (QED) is 0.0335. The number of nitrogens with one attached hydrogen (secondary N) is 1. The fourth-order valence-corrected chi connectivity index (χ4v) is 11.9. The molecule has 4 aliphatic rings. The molecule has 3 atom stereocenters. The predicted octanol–water partition coefficient (Wildman–Crippen LogP) is 5.36. The average molecular weight is 1250 g/mol. The molecule has 2 amide bonds. The highest BCUT2D eigenvalue weighted by atomic mass is 19.1. The molecule has 0 saturated carbocycles. The minimum atomic E-state index is -1.30. The van der Waals surface area contributed by atoms with Gasteiger partial charge in [0.25, 0.3) is 0 Å². The monoisotopic (exact) mass is 1250 g/mol. The van der Waals surface area contributed by atoms with E-state index in [4.69, 9.17) is 37.9 Å². The lowest BCUT2D eigenvalue weighted by molar-refractivity contribution is -0.144.